The number of carbonyl (C=O) groups is 2. The van der Waals surface area contributed by atoms with Gasteiger partial charge in [-0.15, -0.1) is 5.10 Å². The van der Waals surface area contributed by atoms with Crippen LogP contribution in [0.2, 0.25) is 0 Å². The van der Waals surface area contributed by atoms with Crippen molar-refractivity contribution in [1.82, 2.24) is 30.0 Å². The summed E-state index contributed by atoms with van der Waals surface area (Å²) in [7, 11) is 2.13. The summed E-state index contributed by atoms with van der Waals surface area (Å²) in [6.45, 7) is -0.460. The first-order valence-corrected chi connectivity index (χ1v) is 15.1. The number of rotatable bonds is 5. The lowest BCUT2D eigenvalue weighted by atomic mass is 9.85. The fourth-order valence-electron chi connectivity index (χ4n) is 6.54. The SMILES string of the molecule is CN(C(=O)N(C)[C@@H]1CN(C(=O)C2CCC(n3nnnc3C(F)(F)F)CC2)C[C@H]1c1ccc(F)cc1F)c1cc(C(F)(F)F)cc(C(F)(F)F)c1. The molecule has 1 saturated carbocycles. The molecular weight excluding hydrogens is 699 g/mol. The first-order chi connectivity index (χ1) is 23.2. The van der Waals surface area contributed by atoms with E-state index in [9.17, 15) is 53.5 Å². The molecule has 0 radical (unpaired) electrons. The number of amides is 3. The fourth-order valence-corrected chi connectivity index (χ4v) is 6.54. The van der Waals surface area contributed by atoms with E-state index in [0.29, 0.717) is 27.8 Å². The third-order valence-corrected chi connectivity index (χ3v) is 9.15. The van der Waals surface area contributed by atoms with Crippen molar-refractivity contribution in [1.29, 1.82) is 0 Å². The fraction of sp³-hybridized carbons (Fsp3) is 0.500. The van der Waals surface area contributed by atoms with Crippen LogP contribution in [0, 0.1) is 17.6 Å². The lowest BCUT2D eigenvalue weighted by Gasteiger charge is -2.33. The van der Waals surface area contributed by atoms with Gasteiger partial charge in [0.05, 0.1) is 23.2 Å². The summed E-state index contributed by atoms with van der Waals surface area (Å²) in [6, 6.07) is 0.359. The summed E-state index contributed by atoms with van der Waals surface area (Å²) in [5.41, 5.74) is -4.15. The van der Waals surface area contributed by atoms with Gasteiger partial charge in [0.2, 0.25) is 5.91 Å². The first kappa shape index (κ1) is 36.8. The summed E-state index contributed by atoms with van der Waals surface area (Å²) in [5, 5.41) is 9.60. The minimum atomic E-state index is -5.19. The second-order valence-electron chi connectivity index (χ2n) is 12.2. The number of carbonyl (C=O) groups excluding carboxylic acids is 2. The van der Waals surface area contributed by atoms with Crippen LogP contribution in [0.15, 0.2) is 36.4 Å². The van der Waals surface area contributed by atoms with E-state index in [1.54, 1.807) is 0 Å². The second-order valence-corrected chi connectivity index (χ2v) is 12.2. The zero-order chi connectivity index (χ0) is 36.9. The molecule has 0 N–H and O–H groups in total. The number of likely N-dealkylation sites (N-methyl/N-ethyl adjacent to an activating group) is 1. The van der Waals surface area contributed by atoms with Gasteiger partial charge in [0.15, 0.2) is 0 Å². The maximum absolute atomic E-state index is 15.1. The molecule has 2 atom stereocenters. The molecule has 0 spiro atoms. The topological polar surface area (TPSA) is 87.5 Å². The van der Waals surface area contributed by atoms with Crippen LogP contribution in [-0.2, 0) is 23.3 Å². The van der Waals surface area contributed by atoms with Crippen molar-refractivity contribution >= 4 is 17.6 Å². The van der Waals surface area contributed by atoms with E-state index in [1.807, 2.05) is 0 Å². The van der Waals surface area contributed by atoms with Crippen molar-refractivity contribution in [2.45, 2.75) is 62.2 Å². The number of hydrogen-bond donors (Lipinski definition) is 0. The molecule has 50 heavy (non-hydrogen) atoms. The van der Waals surface area contributed by atoms with E-state index in [-0.39, 0.29) is 50.4 Å². The summed E-state index contributed by atoms with van der Waals surface area (Å²) >= 11 is 0. The van der Waals surface area contributed by atoms with Gasteiger partial charge in [0, 0.05) is 50.8 Å². The van der Waals surface area contributed by atoms with Gasteiger partial charge in [-0.1, -0.05) is 6.07 Å². The van der Waals surface area contributed by atoms with Crippen molar-refractivity contribution in [2.75, 3.05) is 32.1 Å². The molecule has 20 heteroatoms. The van der Waals surface area contributed by atoms with Crippen LogP contribution < -0.4 is 4.90 Å². The Morgan fingerprint density at radius 3 is 1.94 bits per heavy atom. The monoisotopic (exact) mass is 727 g/mol. The van der Waals surface area contributed by atoms with Gasteiger partial charge in [-0.3, -0.25) is 9.69 Å². The van der Waals surface area contributed by atoms with Gasteiger partial charge in [-0.25, -0.2) is 18.3 Å². The van der Waals surface area contributed by atoms with Gasteiger partial charge in [-0.05, 0) is 65.9 Å². The lowest BCUT2D eigenvalue weighted by molar-refractivity contribution is -0.149. The Morgan fingerprint density at radius 1 is 0.800 bits per heavy atom. The largest absolute Gasteiger partial charge is 0.453 e. The Labute approximate surface area is 276 Å². The summed E-state index contributed by atoms with van der Waals surface area (Å²) < 4.78 is 151. The zero-order valence-corrected chi connectivity index (χ0v) is 26.1. The predicted octanol–water partition coefficient (Wildman–Crippen LogP) is 6.92. The second kappa shape index (κ2) is 13.3. The molecule has 5 rings (SSSR count). The number of nitrogens with zero attached hydrogens (tertiary/aromatic N) is 7. The molecule has 1 aliphatic carbocycles. The number of likely N-dealkylation sites (tertiary alicyclic amines) is 1. The molecule has 2 aliphatic rings. The standard InChI is InChI=1S/C30H28F11N7O2/c1-45(20-10-16(28(33,34)35)9-17(11-20)29(36,37)38)27(50)46(2)24-14-47(13-22(24)21-8-5-18(31)12-23(21)32)25(49)15-3-6-19(7-4-15)48-26(30(39,40)41)42-43-44-48/h5,8-12,15,19,22,24H,3-4,6-7,13-14H2,1-2H3/t15?,19?,22-,24+/m0/s1. The summed E-state index contributed by atoms with van der Waals surface area (Å²) in [6.07, 6.45) is -14.7. The van der Waals surface area contributed by atoms with E-state index in [1.165, 1.54) is 11.9 Å². The van der Waals surface area contributed by atoms with Gasteiger partial charge in [0.25, 0.3) is 5.82 Å². The van der Waals surface area contributed by atoms with Crippen molar-refractivity contribution in [3.63, 3.8) is 0 Å². The molecule has 9 nitrogen and oxygen atoms in total. The molecule has 0 bridgehead atoms. The van der Waals surface area contributed by atoms with Crippen molar-refractivity contribution in [2.24, 2.45) is 5.92 Å². The van der Waals surface area contributed by atoms with Gasteiger partial charge >= 0.3 is 24.6 Å². The maximum Gasteiger partial charge on any atom is 0.453 e. The number of hydrogen-bond acceptors (Lipinski definition) is 5. The van der Waals surface area contributed by atoms with Gasteiger partial charge in [0.1, 0.15) is 11.6 Å². The Bertz CT molecular complexity index is 1700. The van der Waals surface area contributed by atoms with Crippen LogP contribution in [0.1, 0.15) is 60.2 Å². The van der Waals surface area contributed by atoms with Crippen molar-refractivity contribution < 1.29 is 57.9 Å². The third-order valence-electron chi connectivity index (χ3n) is 9.15. The molecule has 3 amide bonds. The van der Waals surface area contributed by atoms with Crippen molar-refractivity contribution in [3.8, 4) is 0 Å². The van der Waals surface area contributed by atoms with E-state index in [4.69, 9.17) is 0 Å². The van der Waals surface area contributed by atoms with Crippen molar-refractivity contribution in [3.05, 3.63) is 70.5 Å². The van der Waals surface area contributed by atoms with E-state index >= 15 is 4.39 Å². The van der Waals surface area contributed by atoms with E-state index in [0.717, 1.165) is 24.1 Å². The van der Waals surface area contributed by atoms with E-state index < -0.39 is 88.7 Å². The highest BCUT2D eigenvalue weighted by atomic mass is 19.4. The molecule has 272 valence electrons. The molecular formula is C30H28F11N7O2. The Hall–Kier alpha value is -4.52. The molecule has 2 heterocycles. The Balaban J connectivity index is 1.38. The van der Waals surface area contributed by atoms with Crippen LogP contribution >= 0.6 is 0 Å². The molecule has 2 fully saturated rings. The average Bonchev–Trinajstić information content (AvgIpc) is 3.71. The smallest absolute Gasteiger partial charge is 0.340 e. The first-order valence-electron chi connectivity index (χ1n) is 15.1. The minimum absolute atomic E-state index is 0.0924. The van der Waals surface area contributed by atoms with Crippen LogP contribution in [-0.4, -0.2) is 75.2 Å². The highest BCUT2D eigenvalue weighted by Gasteiger charge is 2.45. The highest BCUT2D eigenvalue weighted by Crippen LogP contribution is 2.41. The number of halogens is 11. The molecule has 2 aromatic carbocycles. The third kappa shape index (κ3) is 7.47. The van der Waals surface area contributed by atoms with Crippen LogP contribution in [0.4, 0.5) is 58.8 Å². The number of urea groups is 1. The van der Waals surface area contributed by atoms with Gasteiger partial charge in [-0.2, -0.15) is 39.5 Å². The quantitative estimate of drug-likeness (QED) is 0.267. The number of aromatic nitrogens is 4. The molecule has 1 aliphatic heterocycles. The summed E-state index contributed by atoms with van der Waals surface area (Å²) in [4.78, 5) is 30.2. The van der Waals surface area contributed by atoms with Gasteiger partial charge < -0.3 is 9.80 Å². The maximum atomic E-state index is 15.1. The number of benzene rings is 2. The number of anilines is 1. The summed E-state index contributed by atoms with van der Waals surface area (Å²) in [5.74, 6) is -5.39. The molecule has 3 aromatic rings. The molecule has 1 saturated heterocycles. The highest BCUT2D eigenvalue weighted by molar-refractivity contribution is 5.92. The predicted molar refractivity (Wildman–Crippen MR) is 151 cm³/mol. The van der Waals surface area contributed by atoms with Crippen LogP contribution in [0.5, 0.6) is 0 Å². The minimum Gasteiger partial charge on any atom is -0.340 e. The Morgan fingerprint density at radius 2 is 1.40 bits per heavy atom. The molecule has 0 unspecified atom stereocenters. The number of tetrazole rings is 1. The zero-order valence-electron chi connectivity index (χ0n) is 26.1. The normalized spacial score (nSPS) is 21.7. The van der Waals surface area contributed by atoms with E-state index in [2.05, 4.69) is 15.5 Å². The average molecular weight is 728 g/mol. The molecule has 1 aromatic heterocycles. The number of alkyl halides is 9. The van der Waals surface area contributed by atoms with Crippen LogP contribution in [0.3, 0.4) is 0 Å². The Kier molecular flexibility index (Phi) is 9.78. The van der Waals surface area contributed by atoms with Crippen LogP contribution in [0.25, 0.3) is 0 Å². The lowest BCUT2D eigenvalue weighted by Crippen LogP contribution is -2.48.